The molecule has 0 saturated carbocycles. The third-order valence-corrected chi connectivity index (χ3v) is 4.27. The highest BCUT2D eigenvalue weighted by atomic mass is 32.1. The lowest BCUT2D eigenvalue weighted by molar-refractivity contribution is 0.0697. The molecule has 0 fully saturated rings. The summed E-state index contributed by atoms with van der Waals surface area (Å²) in [6.45, 7) is 7.97. The summed E-state index contributed by atoms with van der Waals surface area (Å²) in [6, 6.07) is 1.77. The number of carboxylic acid groups (broad SMARTS) is 1. The Bertz CT molecular complexity index is 625. The number of ether oxygens (including phenoxy) is 1. The molecule has 108 valence electrons. The Morgan fingerprint density at radius 2 is 2.15 bits per heavy atom. The predicted octanol–water partition coefficient (Wildman–Crippen LogP) is 3.01. The van der Waals surface area contributed by atoms with Gasteiger partial charge in [0.2, 0.25) is 0 Å². The van der Waals surface area contributed by atoms with Crippen LogP contribution in [0.4, 0.5) is 0 Å². The molecule has 0 aliphatic carbocycles. The van der Waals surface area contributed by atoms with Crippen molar-refractivity contribution in [1.82, 2.24) is 10.3 Å². The fraction of sp³-hybridized carbons (Fsp3) is 0.462. The highest BCUT2D eigenvalue weighted by Crippen LogP contribution is 2.37. The van der Waals surface area contributed by atoms with Crippen LogP contribution in [0.15, 0.2) is 10.7 Å². The molecule has 6 nitrogen and oxygen atoms in total. The number of nitrogens with zero attached hydrogens (tertiary/aromatic N) is 2. The van der Waals surface area contributed by atoms with Gasteiger partial charge in [0.15, 0.2) is 4.88 Å². The Hall–Kier alpha value is -1.89. The summed E-state index contributed by atoms with van der Waals surface area (Å²) in [7, 11) is 0. The van der Waals surface area contributed by atoms with Gasteiger partial charge < -0.3 is 9.84 Å². The molecule has 0 saturated heterocycles. The molecule has 2 heterocycles. The van der Waals surface area contributed by atoms with E-state index in [9.17, 15) is 9.90 Å². The number of hydrogen-bond acceptors (Lipinski definition) is 6. The van der Waals surface area contributed by atoms with E-state index >= 15 is 0 Å². The summed E-state index contributed by atoms with van der Waals surface area (Å²) in [5.74, 6) is -0.634. The van der Waals surface area contributed by atoms with Crippen molar-refractivity contribution < 1.29 is 19.3 Å². The van der Waals surface area contributed by atoms with Crippen molar-refractivity contribution >= 4 is 17.3 Å². The molecule has 0 aliphatic heterocycles. The molecule has 2 aromatic rings. The van der Waals surface area contributed by atoms with Crippen LogP contribution >= 0.6 is 11.3 Å². The molecule has 0 bridgehead atoms. The average Bonchev–Trinajstić information content (AvgIpc) is 2.91. The smallest absolute Gasteiger partial charge is 0.349 e. The van der Waals surface area contributed by atoms with E-state index < -0.39 is 5.97 Å². The maximum atomic E-state index is 11.3. The lowest BCUT2D eigenvalue weighted by Gasteiger charge is -2.14. The van der Waals surface area contributed by atoms with Crippen LogP contribution in [-0.2, 0) is 12.0 Å². The molecular formula is C13H16N2O4S. The summed E-state index contributed by atoms with van der Waals surface area (Å²) in [5.41, 5.74) is 1.07. The molecule has 1 N–H and O–H groups in total. The van der Waals surface area contributed by atoms with E-state index in [0.717, 1.165) is 4.88 Å². The van der Waals surface area contributed by atoms with E-state index in [1.807, 2.05) is 20.8 Å². The molecule has 0 atom stereocenters. The third kappa shape index (κ3) is 2.98. The van der Waals surface area contributed by atoms with Crippen molar-refractivity contribution in [3.63, 3.8) is 0 Å². The minimum Gasteiger partial charge on any atom is -0.485 e. The maximum absolute atomic E-state index is 11.3. The summed E-state index contributed by atoms with van der Waals surface area (Å²) in [6.07, 6.45) is 0. The lowest BCUT2D eigenvalue weighted by atomic mass is 9.95. The number of aromatic carboxylic acids is 1. The fourth-order valence-electron chi connectivity index (χ4n) is 1.53. The third-order valence-electron chi connectivity index (χ3n) is 2.74. The van der Waals surface area contributed by atoms with Crippen molar-refractivity contribution in [1.29, 1.82) is 0 Å². The van der Waals surface area contributed by atoms with Crippen molar-refractivity contribution in [3.8, 4) is 5.75 Å². The Labute approximate surface area is 120 Å². The van der Waals surface area contributed by atoms with Crippen LogP contribution in [0.25, 0.3) is 0 Å². The first-order valence-corrected chi connectivity index (χ1v) is 6.89. The van der Waals surface area contributed by atoms with Gasteiger partial charge in [-0.1, -0.05) is 31.1 Å². The van der Waals surface area contributed by atoms with Gasteiger partial charge in [-0.2, -0.15) is 0 Å². The van der Waals surface area contributed by atoms with Crippen molar-refractivity contribution in [2.75, 3.05) is 0 Å². The first kappa shape index (κ1) is 14.5. The van der Waals surface area contributed by atoms with Gasteiger partial charge >= 0.3 is 5.97 Å². The second-order valence-electron chi connectivity index (χ2n) is 5.44. The zero-order valence-electron chi connectivity index (χ0n) is 11.8. The summed E-state index contributed by atoms with van der Waals surface area (Å²) >= 11 is 1.23. The molecule has 2 rings (SSSR count). The van der Waals surface area contributed by atoms with Crippen LogP contribution in [0, 0.1) is 6.92 Å². The van der Waals surface area contributed by atoms with Gasteiger partial charge in [-0.25, -0.2) is 9.42 Å². The van der Waals surface area contributed by atoms with Crippen LogP contribution in [0.1, 0.15) is 46.7 Å². The number of thiophene rings is 1. The molecule has 0 aromatic carbocycles. The van der Waals surface area contributed by atoms with Crippen LogP contribution in [0.5, 0.6) is 5.75 Å². The van der Waals surface area contributed by atoms with Gasteiger partial charge in [-0.3, -0.25) is 0 Å². The highest BCUT2D eigenvalue weighted by molar-refractivity contribution is 7.14. The Morgan fingerprint density at radius 3 is 2.65 bits per heavy atom. The zero-order chi connectivity index (χ0) is 14.9. The number of aromatic nitrogens is 2. The summed E-state index contributed by atoms with van der Waals surface area (Å²) < 4.78 is 10.1. The lowest BCUT2D eigenvalue weighted by Crippen LogP contribution is -2.08. The first-order chi connectivity index (χ1) is 9.29. The van der Waals surface area contributed by atoms with Crippen LogP contribution in [0.2, 0.25) is 0 Å². The molecule has 0 spiro atoms. The molecule has 20 heavy (non-hydrogen) atoms. The fourth-order valence-corrected chi connectivity index (χ4v) is 2.52. The maximum Gasteiger partial charge on any atom is 0.349 e. The van der Waals surface area contributed by atoms with Crippen molar-refractivity contribution in [3.05, 3.63) is 27.2 Å². The van der Waals surface area contributed by atoms with Gasteiger partial charge in [0.05, 0.1) is 0 Å². The molecule has 0 unspecified atom stereocenters. The monoisotopic (exact) mass is 296 g/mol. The molecule has 0 aliphatic rings. The largest absolute Gasteiger partial charge is 0.485 e. The summed E-state index contributed by atoms with van der Waals surface area (Å²) in [4.78, 5) is 12.4. The van der Waals surface area contributed by atoms with Crippen molar-refractivity contribution in [2.45, 2.75) is 39.7 Å². The van der Waals surface area contributed by atoms with E-state index in [-0.39, 0.29) is 16.9 Å². The standard InChI is InChI=1S/C13H16N2O4S/c1-7-8(15-19-14-7)6-18-9-5-10(13(2,3)4)20-11(9)12(16)17/h5H,6H2,1-4H3,(H,16,17). The van der Waals surface area contributed by atoms with Gasteiger partial charge in [0.1, 0.15) is 23.7 Å². The number of carboxylic acids is 1. The topological polar surface area (TPSA) is 85.5 Å². The van der Waals surface area contributed by atoms with Crippen LogP contribution < -0.4 is 4.74 Å². The van der Waals surface area contributed by atoms with Crippen LogP contribution in [0.3, 0.4) is 0 Å². The molecule has 2 aromatic heterocycles. The van der Waals surface area contributed by atoms with Gasteiger partial charge in [0.25, 0.3) is 0 Å². The van der Waals surface area contributed by atoms with E-state index in [4.69, 9.17) is 4.74 Å². The zero-order valence-corrected chi connectivity index (χ0v) is 12.6. The number of carbonyl (C=O) groups is 1. The van der Waals surface area contributed by atoms with Crippen LogP contribution in [-0.4, -0.2) is 21.4 Å². The minimum absolute atomic E-state index is 0.123. The number of hydrogen-bond donors (Lipinski definition) is 1. The van der Waals surface area contributed by atoms with E-state index in [2.05, 4.69) is 14.9 Å². The van der Waals surface area contributed by atoms with Gasteiger partial charge in [-0.05, 0) is 18.4 Å². The average molecular weight is 296 g/mol. The first-order valence-electron chi connectivity index (χ1n) is 6.07. The molecule has 0 radical (unpaired) electrons. The van der Waals surface area contributed by atoms with E-state index in [1.54, 1.807) is 13.0 Å². The van der Waals surface area contributed by atoms with Gasteiger partial charge in [0, 0.05) is 4.88 Å². The van der Waals surface area contributed by atoms with E-state index in [1.165, 1.54) is 11.3 Å². The quantitative estimate of drug-likeness (QED) is 0.933. The predicted molar refractivity (Wildman–Crippen MR) is 73.3 cm³/mol. The second kappa shape index (κ2) is 5.24. The second-order valence-corrected chi connectivity index (χ2v) is 6.50. The normalized spacial score (nSPS) is 11.6. The number of aryl methyl sites for hydroxylation is 1. The highest BCUT2D eigenvalue weighted by Gasteiger charge is 2.24. The number of rotatable bonds is 4. The Morgan fingerprint density at radius 1 is 1.45 bits per heavy atom. The minimum atomic E-state index is -0.990. The van der Waals surface area contributed by atoms with Crippen molar-refractivity contribution in [2.24, 2.45) is 0 Å². The molecule has 7 heteroatoms. The SMILES string of the molecule is Cc1nonc1COc1cc(C(C)(C)C)sc1C(=O)O. The molecule has 0 amide bonds. The van der Waals surface area contributed by atoms with Gasteiger partial charge in [-0.15, -0.1) is 11.3 Å². The Kier molecular flexibility index (Phi) is 3.80. The summed E-state index contributed by atoms with van der Waals surface area (Å²) in [5, 5.41) is 16.6. The Balaban J connectivity index is 2.24. The molecular weight excluding hydrogens is 280 g/mol. The van der Waals surface area contributed by atoms with E-state index in [0.29, 0.717) is 17.1 Å².